The number of rotatable bonds is 5. The minimum Gasteiger partial charge on any atom is -0.377 e. The lowest BCUT2D eigenvalue weighted by Gasteiger charge is -2.25. The van der Waals surface area contributed by atoms with Crippen LogP contribution >= 0.6 is 11.8 Å². The van der Waals surface area contributed by atoms with E-state index in [-0.39, 0.29) is 0 Å². The van der Waals surface area contributed by atoms with Crippen molar-refractivity contribution in [2.75, 3.05) is 25.4 Å². The number of sulfonamides is 1. The van der Waals surface area contributed by atoms with Gasteiger partial charge in [-0.25, -0.2) is 13.4 Å². The van der Waals surface area contributed by atoms with Crippen LogP contribution < -0.4 is 0 Å². The topological polar surface area (TPSA) is 59.5 Å². The van der Waals surface area contributed by atoms with E-state index in [4.69, 9.17) is 4.74 Å². The highest BCUT2D eigenvalue weighted by Crippen LogP contribution is 2.24. The molecule has 0 spiro atoms. The van der Waals surface area contributed by atoms with E-state index in [2.05, 4.69) is 4.98 Å². The van der Waals surface area contributed by atoms with Gasteiger partial charge in [0.1, 0.15) is 4.90 Å². The van der Waals surface area contributed by atoms with E-state index in [1.54, 1.807) is 28.2 Å². The highest BCUT2D eigenvalue weighted by Gasteiger charge is 2.26. The molecule has 3 heterocycles. The second kappa shape index (κ2) is 7.29. The highest BCUT2D eigenvalue weighted by atomic mass is 32.2. The van der Waals surface area contributed by atoms with Crippen LogP contribution in [0.25, 0.3) is 0 Å². The SMILES string of the molecule is O=S(=O)(c1ccc(SC[C@@H]2CCCO2)nc1)N1CCCCC1. The Hall–Kier alpha value is -0.630. The van der Waals surface area contributed by atoms with Crippen molar-refractivity contribution < 1.29 is 13.2 Å². The lowest BCUT2D eigenvalue weighted by Crippen LogP contribution is -2.35. The second-order valence-electron chi connectivity index (χ2n) is 5.74. The summed E-state index contributed by atoms with van der Waals surface area (Å²) < 4.78 is 32.2. The van der Waals surface area contributed by atoms with E-state index >= 15 is 0 Å². The Kier molecular flexibility index (Phi) is 5.38. The number of pyridine rings is 1. The molecule has 1 atom stereocenters. The molecule has 3 rings (SSSR count). The molecule has 7 heteroatoms. The van der Waals surface area contributed by atoms with Gasteiger partial charge in [0.15, 0.2) is 0 Å². The van der Waals surface area contributed by atoms with E-state index < -0.39 is 10.0 Å². The van der Waals surface area contributed by atoms with Gasteiger partial charge in [0.25, 0.3) is 0 Å². The first-order valence-corrected chi connectivity index (χ1v) is 10.3. The predicted molar refractivity (Wildman–Crippen MR) is 86.5 cm³/mol. The molecule has 0 aliphatic carbocycles. The number of nitrogens with zero attached hydrogens (tertiary/aromatic N) is 2. The van der Waals surface area contributed by atoms with Gasteiger partial charge >= 0.3 is 0 Å². The fourth-order valence-electron chi connectivity index (χ4n) is 2.81. The maximum Gasteiger partial charge on any atom is 0.244 e. The van der Waals surface area contributed by atoms with Crippen LogP contribution in [0.3, 0.4) is 0 Å². The molecule has 2 saturated heterocycles. The summed E-state index contributed by atoms with van der Waals surface area (Å²) >= 11 is 1.63. The minimum absolute atomic E-state index is 0.302. The normalized spacial score (nSPS) is 23.7. The molecule has 122 valence electrons. The zero-order chi connectivity index (χ0) is 15.4. The third kappa shape index (κ3) is 3.82. The van der Waals surface area contributed by atoms with E-state index in [1.165, 1.54) is 6.20 Å². The summed E-state index contributed by atoms with van der Waals surface area (Å²) in [5.41, 5.74) is 0. The Labute approximate surface area is 136 Å². The Balaban J connectivity index is 1.62. The van der Waals surface area contributed by atoms with Gasteiger partial charge in [-0.05, 0) is 37.8 Å². The van der Waals surface area contributed by atoms with Gasteiger partial charge in [-0.1, -0.05) is 6.42 Å². The van der Waals surface area contributed by atoms with Gasteiger partial charge in [-0.2, -0.15) is 4.31 Å². The quantitative estimate of drug-likeness (QED) is 0.770. The van der Waals surface area contributed by atoms with E-state index in [1.807, 2.05) is 0 Å². The third-order valence-electron chi connectivity index (χ3n) is 4.10. The number of hydrogen-bond acceptors (Lipinski definition) is 5. The smallest absolute Gasteiger partial charge is 0.244 e. The van der Waals surface area contributed by atoms with Gasteiger partial charge in [-0.15, -0.1) is 11.8 Å². The molecule has 0 aromatic carbocycles. The summed E-state index contributed by atoms with van der Waals surface area (Å²) in [5.74, 6) is 0.880. The van der Waals surface area contributed by atoms with Crippen LogP contribution in [0.2, 0.25) is 0 Å². The molecule has 0 amide bonds. The molecule has 1 aromatic rings. The minimum atomic E-state index is -3.37. The molecule has 2 fully saturated rings. The fraction of sp³-hybridized carbons (Fsp3) is 0.667. The van der Waals surface area contributed by atoms with Crippen molar-refractivity contribution in [1.29, 1.82) is 0 Å². The van der Waals surface area contributed by atoms with Gasteiger partial charge in [0.05, 0.1) is 11.1 Å². The molecular formula is C15H22N2O3S2. The van der Waals surface area contributed by atoms with Gasteiger partial charge in [0, 0.05) is 31.6 Å². The summed E-state index contributed by atoms with van der Waals surface area (Å²) in [4.78, 5) is 4.60. The molecule has 0 saturated carbocycles. The molecule has 2 aliphatic rings. The van der Waals surface area contributed by atoms with Crippen LogP contribution in [-0.4, -0.2) is 49.3 Å². The summed E-state index contributed by atoms with van der Waals surface area (Å²) in [6.07, 6.45) is 7.04. The van der Waals surface area contributed by atoms with E-state index in [0.29, 0.717) is 24.1 Å². The zero-order valence-corrected chi connectivity index (χ0v) is 14.2. The molecular weight excluding hydrogens is 320 g/mol. The number of hydrogen-bond donors (Lipinski definition) is 0. The third-order valence-corrected chi connectivity index (χ3v) is 7.06. The van der Waals surface area contributed by atoms with Crippen molar-refractivity contribution in [2.45, 2.75) is 48.1 Å². The number of thioether (sulfide) groups is 1. The molecule has 0 radical (unpaired) electrons. The second-order valence-corrected chi connectivity index (χ2v) is 8.72. The first-order chi connectivity index (χ1) is 10.7. The fourth-order valence-corrected chi connectivity index (χ4v) is 5.19. The molecule has 0 N–H and O–H groups in total. The average molecular weight is 342 g/mol. The summed E-state index contributed by atoms with van der Waals surface area (Å²) in [6, 6.07) is 3.48. The van der Waals surface area contributed by atoms with Crippen molar-refractivity contribution in [3.8, 4) is 0 Å². The van der Waals surface area contributed by atoms with E-state index in [0.717, 1.165) is 49.5 Å². The molecule has 0 bridgehead atoms. The van der Waals surface area contributed by atoms with Gasteiger partial charge in [0.2, 0.25) is 10.0 Å². The lowest BCUT2D eigenvalue weighted by atomic mass is 10.2. The van der Waals surface area contributed by atoms with Crippen molar-refractivity contribution >= 4 is 21.8 Å². The van der Waals surface area contributed by atoms with Crippen molar-refractivity contribution in [2.24, 2.45) is 0 Å². The first-order valence-electron chi connectivity index (χ1n) is 7.87. The monoisotopic (exact) mass is 342 g/mol. The first kappa shape index (κ1) is 16.2. The maximum atomic E-state index is 12.5. The standard InChI is InChI=1S/C15H22N2O3S2/c18-22(19,17-8-2-1-3-9-17)14-6-7-15(16-11-14)21-12-13-5-4-10-20-13/h6-7,11,13H,1-5,8-10,12H2/t13-/m0/s1. The molecule has 22 heavy (non-hydrogen) atoms. The number of aromatic nitrogens is 1. The van der Waals surface area contributed by atoms with Crippen LogP contribution in [0.15, 0.2) is 28.3 Å². The number of ether oxygens (including phenoxy) is 1. The van der Waals surface area contributed by atoms with Crippen LogP contribution in [0, 0.1) is 0 Å². The molecule has 2 aliphatic heterocycles. The number of piperidine rings is 1. The van der Waals surface area contributed by atoms with Crippen molar-refractivity contribution in [1.82, 2.24) is 9.29 Å². The Morgan fingerprint density at radius 3 is 2.68 bits per heavy atom. The van der Waals surface area contributed by atoms with Gasteiger partial charge < -0.3 is 4.74 Å². The molecule has 5 nitrogen and oxygen atoms in total. The van der Waals surface area contributed by atoms with Crippen LogP contribution in [0.1, 0.15) is 32.1 Å². The Bertz CT molecular complexity index is 577. The summed E-state index contributed by atoms with van der Waals surface area (Å²) in [6.45, 7) is 2.10. The van der Waals surface area contributed by atoms with Gasteiger partial charge in [-0.3, -0.25) is 0 Å². The largest absolute Gasteiger partial charge is 0.377 e. The average Bonchev–Trinajstić information content (AvgIpc) is 3.08. The van der Waals surface area contributed by atoms with Crippen LogP contribution in [0.5, 0.6) is 0 Å². The highest BCUT2D eigenvalue weighted by molar-refractivity contribution is 7.99. The maximum absolute atomic E-state index is 12.5. The predicted octanol–water partition coefficient (Wildman–Crippen LogP) is 2.53. The van der Waals surface area contributed by atoms with Crippen LogP contribution in [-0.2, 0) is 14.8 Å². The van der Waals surface area contributed by atoms with Crippen molar-refractivity contribution in [3.05, 3.63) is 18.3 Å². The Morgan fingerprint density at radius 2 is 2.05 bits per heavy atom. The zero-order valence-electron chi connectivity index (χ0n) is 12.6. The Morgan fingerprint density at radius 1 is 1.23 bits per heavy atom. The molecule has 0 unspecified atom stereocenters. The van der Waals surface area contributed by atoms with E-state index in [9.17, 15) is 8.42 Å². The lowest BCUT2D eigenvalue weighted by molar-refractivity contribution is 0.129. The molecule has 1 aromatic heterocycles. The summed E-state index contributed by atoms with van der Waals surface area (Å²) in [7, 11) is -3.37. The van der Waals surface area contributed by atoms with Crippen LogP contribution in [0.4, 0.5) is 0 Å². The summed E-state index contributed by atoms with van der Waals surface area (Å²) in [5, 5.41) is 0.855. The van der Waals surface area contributed by atoms with Crippen molar-refractivity contribution in [3.63, 3.8) is 0 Å².